The Morgan fingerprint density at radius 3 is 2.62 bits per heavy atom. The van der Waals surface area contributed by atoms with Gasteiger partial charge in [-0.2, -0.15) is 5.10 Å². The SMILES string of the molecule is Cc1cc(CC(=O)NC(C)(C)C(=O)O)n[nH]1. The minimum atomic E-state index is -1.26. The van der Waals surface area contributed by atoms with E-state index in [9.17, 15) is 9.59 Å². The van der Waals surface area contributed by atoms with Crippen LogP contribution in [0.5, 0.6) is 0 Å². The number of aryl methyl sites for hydroxylation is 1. The first-order valence-electron chi connectivity index (χ1n) is 4.86. The molecular formula is C10H15N3O3. The lowest BCUT2D eigenvalue weighted by Crippen LogP contribution is -2.50. The van der Waals surface area contributed by atoms with E-state index in [4.69, 9.17) is 5.11 Å². The van der Waals surface area contributed by atoms with E-state index in [1.165, 1.54) is 13.8 Å². The average Bonchev–Trinajstić information content (AvgIpc) is 2.49. The van der Waals surface area contributed by atoms with Crippen LogP contribution >= 0.6 is 0 Å². The Hall–Kier alpha value is -1.85. The van der Waals surface area contributed by atoms with Gasteiger partial charge < -0.3 is 10.4 Å². The molecule has 6 nitrogen and oxygen atoms in total. The largest absolute Gasteiger partial charge is 0.480 e. The van der Waals surface area contributed by atoms with E-state index < -0.39 is 11.5 Å². The van der Waals surface area contributed by atoms with Crippen molar-refractivity contribution in [1.82, 2.24) is 15.5 Å². The molecule has 1 amide bonds. The van der Waals surface area contributed by atoms with Gasteiger partial charge in [-0.25, -0.2) is 4.79 Å². The van der Waals surface area contributed by atoms with Crippen molar-refractivity contribution in [3.63, 3.8) is 0 Å². The second-order valence-electron chi connectivity index (χ2n) is 4.20. The normalized spacial score (nSPS) is 11.2. The predicted octanol–water partition coefficient (Wildman–Crippen LogP) is 0.240. The lowest BCUT2D eigenvalue weighted by molar-refractivity contribution is -0.145. The first-order valence-corrected chi connectivity index (χ1v) is 4.86. The maximum absolute atomic E-state index is 11.5. The standard InChI is InChI=1S/C10H15N3O3/c1-6-4-7(13-12-6)5-8(14)11-10(2,3)9(15)16/h4H,5H2,1-3H3,(H,11,14)(H,12,13)(H,15,16). The average molecular weight is 225 g/mol. The van der Waals surface area contributed by atoms with E-state index in [0.717, 1.165) is 5.69 Å². The van der Waals surface area contributed by atoms with Crippen LogP contribution in [0.2, 0.25) is 0 Å². The fourth-order valence-corrected chi connectivity index (χ4v) is 1.18. The highest BCUT2D eigenvalue weighted by Crippen LogP contribution is 2.04. The maximum atomic E-state index is 11.5. The number of carbonyl (C=O) groups excluding carboxylic acids is 1. The molecule has 0 spiro atoms. The Morgan fingerprint density at radius 2 is 2.19 bits per heavy atom. The second kappa shape index (κ2) is 4.34. The van der Waals surface area contributed by atoms with E-state index in [2.05, 4.69) is 15.5 Å². The van der Waals surface area contributed by atoms with Crippen LogP contribution in [-0.4, -0.2) is 32.7 Å². The highest BCUT2D eigenvalue weighted by Gasteiger charge is 2.28. The molecule has 1 aromatic heterocycles. The zero-order valence-corrected chi connectivity index (χ0v) is 9.50. The molecule has 0 saturated heterocycles. The summed E-state index contributed by atoms with van der Waals surface area (Å²) in [5, 5.41) is 17.9. The maximum Gasteiger partial charge on any atom is 0.328 e. The molecule has 16 heavy (non-hydrogen) atoms. The monoisotopic (exact) mass is 225 g/mol. The number of aromatic amines is 1. The van der Waals surface area contributed by atoms with Crippen molar-refractivity contribution in [3.05, 3.63) is 17.5 Å². The van der Waals surface area contributed by atoms with Gasteiger partial charge in [0.1, 0.15) is 5.54 Å². The Labute approximate surface area is 93.1 Å². The summed E-state index contributed by atoms with van der Waals surface area (Å²) in [6, 6.07) is 1.74. The Morgan fingerprint density at radius 1 is 1.56 bits per heavy atom. The molecule has 3 N–H and O–H groups in total. The van der Waals surface area contributed by atoms with Gasteiger partial charge in [0.15, 0.2) is 0 Å². The number of carboxylic acid groups (broad SMARTS) is 1. The molecule has 0 aliphatic carbocycles. The molecule has 0 radical (unpaired) electrons. The number of aromatic nitrogens is 2. The highest BCUT2D eigenvalue weighted by molar-refractivity contribution is 5.87. The summed E-state index contributed by atoms with van der Waals surface area (Å²) in [6.45, 7) is 4.70. The minimum Gasteiger partial charge on any atom is -0.480 e. The molecule has 0 atom stereocenters. The molecule has 0 bridgehead atoms. The third-order valence-corrected chi connectivity index (χ3v) is 2.09. The lowest BCUT2D eigenvalue weighted by atomic mass is 10.1. The molecular weight excluding hydrogens is 210 g/mol. The van der Waals surface area contributed by atoms with Crippen molar-refractivity contribution in [2.45, 2.75) is 32.7 Å². The van der Waals surface area contributed by atoms with Crippen molar-refractivity contribution >= 4 is 11.9 Å². The highest BCUT2D eigenvalue weighted by atomic mass is 16.4. The summed E-state index contributed by atoms with van der Waals surface area (Å²) < 4.78 is 0. The summed E-state index contributed by atoms with van der Waals surface area (Å²) in [4.78, 5) is 22.3. The number of H-pyrrole nitrogens is 1. The number of rotatable bonds is 4. The van der Waals surface area contributed by atoms with E-state index >= 15 is 0 Å². The smallest absolute Gasteiger partial charge is 0.328 e. The Balaban J connectivity index is 2.58. The van der Waals surface area contributed by atoms with Gasteiger partial charge in [0.2, 0.25) is 5.91 Å². The van der Waals surface area contributed by atoms with Gasteiger partial charge in [-0.1, -0.05) is 0 Å². The first-order chi connectivity index (χ1) is 7.31. The van der Waals surface area contributed by atoms with Crippen LogP contribution in [0, 0.1) is 6.92 Å². The van der Waals surface area contributed by atoms with Crippen LogP contribution in [0.4, 0.5) is 0 Å². The number of carboxylic acids is 1. The van der Waals surface area contributed by atoms with Gasteiger partial charge in [-0.05, 0) is 26.8 Å². The molecule has 0 aliphatic heterocycles. The van der Waals surface area contributed by atoms with E-state index in [0.29, 0.717) is 5.69 Å². The number of aliphatic carboxylic acids is 1. The first kappa shape index (κ1) is 12.2. The van der Waals surface area contributed by atoms with Crippen LogP contribution in [0.1, 0.15) is 25.2 Å². The Bertz CT molecular complexity index is 409. The zero-order chi connectivity index (χ0) is 12.3. The fourth-order valence-electron chi connectivity index (χ4n) is 1.18. The molecule has 0 aromatic carbocycles. The molecule has 0 unspecified atom stereocenters. The van der Waals surface area contributed by atoms with Crippen molar-refractivity contribution in [1.29, 1.82) is 0 Å². The molecule has 0 fully saturated rings. The summed E-state index contributed by atoms with van der Waals surface area (Å²) in [5.74, 6) is -1.43. The summed E-state index contributed by atoms with van der Waals surface area (Å²) in [7, 11) is 0. The number of carbonyl (C=O) groups is 2. The molecule has 1 aromatic rings. The molecule has 88 valence electrons. The third kappa shape index (κ3) is 3.08. The van der Waals surface area contributed by atoms with Crippen LogP contribution in [0.15, 0.2) is 6.07 Å². The van der Waals surface area contributed by atoms with E-state index in [1.54, 1.807) is 6.07 Å². The lowest BCUT2D eigenvalue weighted by Gasteiger charge is -2.20. The van der Waals surface area contributed by atoms with Crippen LogP contribution in [0.25, 0.3) is 0 Å². The van der Waals surface area contributed by atoms with Crippen LogP contribution in [0.3, 0.4) is 0 Å². The van der Waals surface area contributed by atoms with Crippen molar-refractivity contribution < 1.29 is 14.7 Å². The molecule has 6 heteroatoms. The quantitative estimate of drug-likeness (QED) is 0.684. The zero-order valence-electron chi connectivity index (χ0n) is 9.50. The second-order valence-corrected chi connectivity index (χ2v) is 4.20. The minimum absolute atomic E-state index is 0.0705. The van der Waals surface area contributed by atoms with E-state index in [1.807, 2.05) is 6.92 Å². The number of nitrogens with one attached hydrogen (secondary N) is 2. The van der Waals surface area contributed by atoms with Crippen molar-refractivity contribution in [2.24, 2.45) is 0 Å². The van der Waals surface area contributed by atoms with Gasteiger partial charge >= 0.3 is 5.97 Å². The summed E-state index contributed by atoms with van der Waals surface area (Å²) in [5.41, 5.74) is 0.194. The van der Waals surface area contributed by atoms with Gasteiger partial charge in [0, 0.05) is 5.69 Å². The van der Waals surface area contributed by atoms with Crippen molar-refractivity contribution in [2.75, 3.05) is 0 Å². The predicted molar refractivity (Wildman–Crippen MR) is 56.9 cm³/mol. The van der Waals surface area contributed by atoms with Crippen LogP contribution in [-0.2, 0) is 16.0 Å². The number of amides is 1. The molecule has 0 aliphatic rings. The van der Waals surface area contributed by atoms with Gasteiger partial charge in [-0.15, -0.1) is 0 Å². The third-order valence-electron chi connectivity index (χ3n) is 2.09. The van der Waals surface area contributed by atoms with Gasteiger partial charge in [0.05, 0.1) is 12.1 Å². The molecule has 0 saturated carbocycles. The van der Waals surface area contributed by atoms with E-state index in [-0.39, 0.29) is 12.3 Å². The summed E-state index contributed by atoms with van der Waals surface area (Å²) in [6.07, 6.45) is 0.0705. The molecule has 1 rings (SSSR count). The number of nitrogens with zero attached hydrogens (tertiary/aromatic N) is 1. The fraction of sp³-hybridized carbons (Fsp3) is 0.500. The number of hydrogen-bond acceptors (Lipinski definition) is 3. The molecule has 1 heterocycles. The topological polar surface area (TPSA) is 95.1 Å². The van der Waals surface area contributed by atoms with Crippen LogP contribution < -0.4 is 5.32 Å². The van der Waals surface area contributed by atoms with Gasteiger partial charge in [-0.3, -0.25) is 9.89 Å². The number of hydrogen-bond donors (Lipinski definition) is 3. The Kier molecular flexibility index (Phi) is 3.31. The van der Waals surface area contributed by atoms with Gasteiger partial charge in [0.25, 0.3) is 0 Å². The summed E-state index contributed by atoms with van der Waals surface area (Å²) >= 11 is 0. The van der Waals surface area contributed by atoms with Crippen molar-refractivity contribution in [3.8, 4) is 0 Å².